The van der Waals surface area contributed by atoms with Crippen LogP contribution in [0.4, 0.5) is 11.5 Å². The van der Waals surface area contributed by atoms with Crippen molar-refractivity contribution in [3.8, 4) is 0 Å². The number of rotatable bonds is 5. The van der Waals surface area contributed by atoms with Crippen LogP contribution in [0.25, 0.3) is 0 Å². The highest BCUT2D eigenvalue weighted by atomic mass is 79.9. The molecule has 0 unspecified atom stereocenters. The fourth-order valence-electron chi connectivity index (χ4n) is 1.80. The third-order valence-electron chi connectivity index (χ3n) is 2.72. The minimum absolute atomic E-state index is 0.166. The molecular formula is C14H14Br2N4. The van der Waals surface area contributed by atoms with Crippen molar-refractivity contribution in [2.75, 3.05) is 11.4 Å². The Kier molecular flexibility index (Phi) is 5.14. The summed E-state index contributed by atoms with van der Waals surface area (Å²) < 4.78 is 1.80. The van der Waals surface area contributed by atoms with Gasteiger partial charge in [0.1, 0.15) is 5.82 Å². The number of hydrogen-bond donors (Lipinski definition) is 2. The molecule has 0 saturated heterocycles. The predicted molar refractivity (Wildman–Crippen MR) is 89.6 cm³/mol. The zero-order valence-corrected chi connectivity index (χ0v) is 13.9. The Morgan fingerprint density at radius 2 is 1.95 bits per heavy atom. The molecule has 2 rings (SSSR count). The van der Waals surface area contributed by atoms with Gasteiger partial charge in [0.25, 0.3) is 0 Å². The largest absolute Gasteiger partial charge is 0.388 e. The Hall–Kier alpha value is -1.40. The number of amidine groups is 1. The first-order valence-electron chi connectivity index (χ1n) is 6.04. The highest BCUT2D eigenvalue weighted by molar-refractivity contribution is 9.11. The van der Waals surface area contributed by atoms with Gasteiger partial charge in [0.2, 0.25) is 0 Å². The molecule has 0 aliphatic carbocycles. The average molecular weight is 398 g/mol. The van der Waals surface area contributed by atoms with Gasteiger partial charge in [-0.3, -0.25) is 5.41 Å². The van der Waals surface area contributed by atoms with E-state index in [-0.39, 0.29) is 5.84 Å². The average Bonchev–Trinajstić information content (AvgIpc) is 2.42. The van der Waals surface area contributed by atoms with Gasteiger partial charge >= 0.3 is 0 Å². The number of anilines is 2. The minimum atomic E-state index is 0.166. The van der Waals surface area contributed by atoms with E-state index in [4.69, 9.17) is 11.1 Å². The van der Waals surface area contributed by atoms with Gasteiger partial charge in [-0.05, 0) is 50.1 Å². The molecule has 0 aliphatic rings. The van der Waals surface area contributed by atoms with E-state index in [9.17, 15) is 0 Å². The molecule has 104 valence electrons. The van der Waals surface area contributed by atoms with Crippen LogP contribution < -0.4 is 10.6 Å². The number of nitrogens with zero attached hydrogens (tertiary/aromatic N) is 2. The Balaban J connectivity index is 2.37. The number of nitrogens with two attached hydrogens (primary N) is 1. The Morgan fingerprint density at radius 3 is 2.55 bits per heavy atom. The van der Waals surface area contributed by atoms with Crippen molar-refractivity contribution >= 4 is 49.2 Å². The SMILES string of the molecule is N=C(N)CCN(c1ccccc1)c1ncc(Br)cc1Br. The minimum Gasteiger partial charge on any atom is -0.388 e. The van der Waals surface area contributed by atoms with Crippen molar-refractivity contribution in [3.63, 3.8) is 0 Å². The van der Waals surface area contributed by atoms with Gasteiger partial charge < -0.3 is 10.6 Å². The highest BCUT2D eigenvalue weighted by Crippen LogP contribution is 2.31. The van der Waals surface area contributed by atoms with Gasteiger partial charge in [0.05, 0.1) is 10.3 Å². The Labute approximate surface area is 134 Å². The molecule has 0 radical (unpaired) electrons. The molecule has 0 atom stereocenters. The molecule has 1 heterocycles. The van der Waals surface area contributed by atoms with E-state index in [0.29, 0.717) is 13.0 Å². The van der Waals surface area contributed by atoms with Crippen molar-refractivity contribution in [1.29, 1.82) is 5.41 Å². The van der Waals surface area contributed by atoms with Gasteiger partial charge in [0, 0.05) is 29.3 Å². The first-order chi connectivity index (χ1) is 9.58. The first kappa shape index (κ1) is 15.0. The lowest BCUT2D eigenvalue weighted by Gasteiger charge is -2.24. The fraction of sp³-hybridized carbons (Fsp3) is 0.143. The number of hydrogen-bond acceptors (Lipinski definition) is 3. The van der Waals surface area contributed by atoms with Gasteiger partial charge in [-0.25, -0.2) is 4.98 Å². The van der Waals surface area contributed by atoms with Gasteiger partial charge in [-0.2, -0.15) is 0 Å². The number of pyridine rings is 1. The molecule has 4 nitrogen and oxygen atoms in total. The van der Waals surface area contributed by atoms with Crippen molar-refractivity contribution in [2.45, 2.75) is 6.42 Å². The molecule has 0 aliphatic heterocycles. The maximum atomic E-state index is 7.41. The summed E-state index contributed by atoms with van der Waals surface area (Å²) in [6.45, 7) is 0.604. The number of nitrogens with one attached hydrogen (secondary N) is 1. The molecule has 1 aromatic carbocycles. The molecule has 6 heteroatoms. The second kappa shape index (κ2) is 6.85. The van der Waals surface area contributed by atoms with E-state index in [1.54, 1.807) is 6.20 Å². The van der Waals surface area contributed by atoms with Crippen LogP contribution in [-0.2, 0) is 0 Å². The van der Waals surface area contributed by atoms with Crippen molar-refractivity contribution in [1.82, 2.24) is 4.98 Å². The lowest BCUT2D eigenvalue weighted by molar-refractivity contribution is 0.928. The van der Waals surface area contributed by atoms with E-state index in [2.05, 4.69) is 36.8 Å². The number of para-hydroxylation sites is 1. The maximum Gasteiger partial charge on any atom is 0.147 e. The topological polar surface area (TPSA) is 66.0 Å². The van der Waals surface area contributed by atoms with Crippen LogP contribution in [0.2, 0.25) is 0 Å². The van der Waals surface area contributed by atoms with E-state index < -0.39 is 0 Å². The monoisotopic (exact) mass is 396 g/mol. The summed E-state index contributed by atoms with van der Waals surface area (Å²) in [4.78, 5) is 6.49. The summed E-state index contributed by atoms with van der Waals surface area (Å²) in [7, 11) is 0. The van der Waals surface area contributed by atoms with E-state index in [1.165, 1.54) is 0 Å². The molecule has 3 N–H and O–H groups in total. The fourth-order valence-corrected chi connectivity index (χ4v) is 3.00. The number of halogens is 2. The van der Waals surface area contributed by atoms with Crippen LogP contribution in [0, 0.1) is 5.41 Å². The zero-order chi connectivity index (χ0) is 14.5. The lowest BCUT2D eigenvalue weighted by atomic mass is 10.2. The zero-order valence-electron chi connectivity index (χ0n) is 10.7. The molecule has 2 aromatic rings. The highest BCUT2D eigenvalue weighted by Gasteiger charge is 2.14. The van der Waals surface area contributed by atoms with Gasteiger partial charge in [-0.15, -0.1) is 0 Å². The Bertz CT molecular complexity index is 601. The molecular weight excluding hydrogens is 384 g/mol. The smallest absolute Gasteiger partial charge is 0.147 e. The molecule has 1 aromatic heterocycles. The normalized spacial score (nSPS) is 10.3. The molecule has 0 spiro atoms. The molecule has 0 bridgehead atoms. The molecule has 0 saturated carbocycles. The third-order valence-corrected chi connectivity index (χ3v) is 3.73. The second-order valence-corrected chi connectivity index (χ2v) is 5.99. The predicted octanol–water partition coefficient (Wildman–Crippen LogP) is 4.07. The number of aromatic nitrogens is 1. The Morgan fingerprint density at radius 1 is 1.25 bits per heavy atom. The van der Waals surface area contributed by atoms with Crippen LogP contribution in [0.5, 0.6) is 0 Å². The standard InChI is InChI=1S/C14H14Br2N4/c15-10-8-12(16)14(19-9-10)20(7-6-13(17)18)11-4-2-1-3-5-11/h1-5,8-9H,6-7H2,(H3,17,18). The summed E-state index contributed by atoms with van der Waals surface area (Å²) >= 11 is 6.93. The number of benzene rings is 1. The van der Waals surface area contributed by atoms with Crippen molar-refractivity contribution in [2.24, 2.45) is 5.73 Å². The van der Waals surface area contributed by atoms with Crippen LogP contribution in [-0.4, -0.2) is 17.4 Å². The quantitative estimate of drug-likeness (QED) is 0.590. The summed E-state index contributed by atoms with van der Waals surface area (Å²) in [6.07, 6.45) is 2.24. The van der Waals surface area contributed by atoms with E-state index in [1.807, 2.05) is 41.3 Å². The van der Waals surface area contributed by atoms with Crippen LogP contribution >= 0.6 is 31.9 Å². The van der Waals surface area contributed by atoms with Crippen molar-refractivity contribution < 1.29 is 0 Å². The van der Waals surface area contributed by atoms with E-state index in [0.717, 1.165) is 20.5 Å². The van der Waals surface area contributed by atoms with Crippen LogP contribution in [0.3, 0.4) is 0 Å². The summed E-state index contributed by atoms with van der Waals surface area (Å²) in [6, 6.07) is 11.9. The van der Waals surface area contributed by atoms with E-state index >= 15 is 0 Å². The van der Waals surface area contributed by atoms with Crippen LogP contribution in [0.1, 0.15) is 6.42 Å². The van der Waals surface area contributed by atoms with Crippen LogP contribution in [0.15, 0.2) is 51.5 Å². The van der Waals surface area contributed by atoms with Gasteiger partial charge in [-0.1, -0.05) is 18.2 Å². The second-order valence-electron chi connectivity index (χ2n) is 4.22. The third kappa shape index (κ3) is 3.80. The molecule has 0 fully saturated rings. The first-order valence-corrected chi connectivity index (χ1v) is 7.63. The molecule has 20 heavy (non-hydrogen) atoms. The summed E-state index contributed by atoms with van der Waals surface area (Å²) in [5.74, 6) is 0.972. The summed E-state index contributed by atoms with van der Waals surface area (Å²) in [5.41, 5.74) is 6.49. The lowest BCUT2D eigenvalue weighted by Crippen LogP contribution is -2.24. The summed E-state index contributed by atoms with van der Waals surface area (Å²) in [5, 5.41) is 7.41. The maximum absolute atomic E-state index is 7.41. The molecule has 0 amide bonds. The van der Waals surface area contributed by atoms with Gasteiger partial charge in [0.15, 0.2) is 0 Å². The van der Waals surface area contributed by atoms with Crippen molar-refractivity contribution in [3.05, 3.63) is 51.5 Å².